The predicted molar refractivity (Wildman–Crippen MR) is 91.6 cm³/mol. The molecular formula is C19H29FN2O. The van der Waals surface area contributed by atoms with E-state index in [0.717, 1.165) is 50.9 Å². The summed E-state index contributed by atoms with van der Waals surface area (Å²) in [5.74, 6) is 0.644. The smallest absolute Gasteiger partial charge is 0.222 e. The number of carbonyl (C=O) groups excluding carboxylic acids is 1. The highest BCUT2D eigenvalue weighted by Gasteiger charge is 2.19. The molecule has 1 heterocycles. The molecule has 2 rings (SSSR count). The minimum atomic E-state index is -0.230. The molecular weight excluding hydrogens is 291 g/mol. The van der Waals surface area contributed by atoms with E-state index < -0.39 is 0 Å². The van der Waals surface area contributed by atoms with E-state index in [-0.39, 0.29) is 11.7 Å². The van der Waals surface area contributed by atoms with E-state index in [1.54, 1.807) is 12.1 Å². The van der Waals surface area contributed by atoms with E-state index in [9.17, 15) is 9.18 Å². The average Bonchev–Trinajstić information content (AvgIpc) is 3.07. The van der Waals surface area contributed by atoms with Crippen molar-refractivity contribution in [2.45, 2.75) is 52.0 Å². The van der Waals surface area contributed by atoms with E-state index in [2.05, 4.69) is 12.2 Å². The minimum Gasteiger partial charge on any atom is -0.338 e. The maximum atomic E-state index is 13.0. The maximum absolute atomic E-state index is 13.0. The molecule has 0 aliphatic carbocycles. The molecule has 1 aromatic rings. The van der Waals surface area contributed by atoms with Crippen LogP contribution in [-0.4, -0.2) is 30.4 Å². The van der Waals surface area contributed by atoms with Crippen molar-refractivity contribution < 1.29 is 9.18 Å². The Morgan fingerprint density at radius 3 is 2.74 bits per heavy atom. The van der Waals surface area contributed by atoms with E-state index in [4.69, 9.17) is 0 Å². The lowest BCUT2D eigenvalue weighted by molar-refractivity contribution is -0.132. The first-order valence-corrected chi connectivity index (χ1v) is 8.92. The molecule has 1 fully saturated rings. The van der Waals surface area contributed by atoms with Crippen molar-refractivity contribution in [3.63, 3.8) is 0 Å². The number of nitrogens with one attached hydrogen (secondary N) is 1. The van der Waals surface area contributed by atoms with Crippen LogP contribution >= 0.6 is 0 Å². The van der Waals surface area contributed by atoms with Crippen LogP contribution in [0.25, 0.3) is 0 Å². The summed E-state index contributed by atoms with van der Waals surface area (Å²) in [5, 5.41) is 3.35. The molecule has 1 aliphatic heterocycles. The molecule has 1 saturated heterocycles. The van der Waals surface area contributed by atoms with Crippen LogP contribution in [0, 0.1) is 11.7 Å². The van der Waals surface area contributed by atoms with Gasteiger partial charge in [0.15, 0.2) is 0 Å². The molecule has 0 radical (unpaired) electrons. The Morgan fingerprint density at radius 1 is 1.30 bits per heavy atom. The van der Waals surface area contributed by atoms with Gasteiger partial charge in [-0.15, -0.1) is 0 Å². The second-order valence-corrected chi connectivity index (χ2v) is 6.55. The fourth-order valence-corrected chi connectivity index (χ4v) is 3.10. The fraction of sp³-hybridized carbons (Fsp3) is 0.632. The third-order valence-electron chi connectivity index (χ3n) is 4.60. The molecule has 4 heteroatoms. The monoisotopic (exact) mass is 320 g/mol. The van der Waals surface area contributed by atoms with Gasteiger partial charge in [-0.2, -0.15) is 0 Å². The number of halogens is 1. The molecule has 1 atom stereocenters. The Kier molecular flexibility index (Phi) is 7.53. The van der Waals surface area contributed by atoms with Crippen molar-refractivity contribution in [2.75, 3.05) is 19.6 Å². The van der Waals surface area contributed by atoms with Gasteiger partial charge < -0.3 is 10.2 Å². The minimum absolute atomic E-state index is 0.230. The SMILES string of the molecule is CCCCCN(Cc1ccc(F)cc1)C(=O)CCC1CCNC1. The van der Waals surface area contributed by atoms with Gasteiger partial charge in [0.05, 0.1) is 0 Å². The Hall–Kier alpha value is -1.42. The Balaban J connectivity index is 1.88. The zero-order valence-electron chi connectivity index (χ0n) is 14.2. The molecule has 1 aromatic carbocycles. The lowest BCUT2D eigenvalue weighted by atomic mass is 10.0. The molecule has 3 nitrogen and oxygen atoms in total. The van der Waals surface area contributed by atoms with Gasteiger partial charge in [-0.3, -0.25) is 4.79 Å². The van der Waals surface area contributed by atoms with Gasteiger partial charge in [-0.25, -0.2) is 4.39 Å². The van der Waals surface area contributed by atoms with Crippen molar-refractivity contribution in [1.82, 2.24) is 10.2 Å². The van der Waals surface area contributed by atoms with E-state index >= 15 is 0 Å². The highest BCUT2D eigenvalue weighted by atomic mass is 19.1. The molecule has 1 amide bonds. The molecule has 0 aromatic heterocycles. The third kappa shape index (κ3) is 6.30. The highest BCUT2D eigenvalue weighted by Crippen LogP contribution is 2.17. The standard InChI is InChI=1S/C19H29FN2O/c1-2-3-4-13-22(15-17-5-8-18(20)9-6-17)19(23)10-7-16-11-12-21-14-16/h5-6,8-9,16,21H,2-4,7,10-15H2,1H3. The summed E-state index contributed by atoms with van der Waals surface area (Å²) in [5.41, 5.74) is 0.999. The van der Waals surface area contributed by atoms with Gasteiger partial charge >= 0.3 is 0 Å². The average molecular weight is 320 g/mol. The topological polar surface area (TPSA) is 32.3 Å². The molecule has 1 aliphatic rings. The Bertz CT molecular complexity index is 469. The van der Waals surface area contributed by atoms with Gasteiger partial charge in [0.2, 0.25) is 5.91 Å². The van der Waals surface area contributed by atoms with Crippen molar-refractivity contribution in [3.05, 3.63) is 35.6 Å². The number of nitrogens with zero attached hydrogens (tertiary/aromatic N) is 1. The second kappa shape index (κ2) is 9.66. The summed E-state index contributed by atoms with van der Waals surface area (Å²) < 4.78 is 13.0. The van der Waals surface area contributed by atoms with E-state index in [1.165, 1.54) is 18.6 Å². The van der Waals surface area contributed by atoms with Crippen molar-refractivity contribution in [3.8, 4) is 0 Å². The van der Waals surface area contributed by atoms with Gasteiger partial charge in [-0.1, -0.05) is 31.9 Å². The largest absolute Gasteiger partial charge is 0.338 e. The van der Waals surface area contributed by atoms with Crippen LogP contribution in [0.4, 0.5) is 4.39 Å². The maximum Gasteiger partial charge on any atom is 0.222 e. The van der Waals surface area contributed by atoms with E-state index in [0.29, 0.717) is 18.9 Å². The molecule has 128 valence electrons. The lowest BCUT2D eigenvalue weighted by Crippen LogP contribution is -2.31. The first-order valence-electron chi connectivity index (χ1n) is 8.92. The summed E-state index contributed by atoms with van der Waals surface area (Å²) in [6, 6.07) is 6.48. The van der Waals surface area contributed by atoms with Crippen LogP contribution < -0.4 is 5.32 Å². The zero-order chi connectivity index (χ0) is 16.5. The quantitative estimate of drug-likeness (QED) is 0.703. The Morgan fingerprint density at radius 2 is 2.09 bits per heavy atom. The van der Waals surface area contributed by atoms with E-state index in [1.807, 2.05) is 4.90 Å². The van der Waals surface area contributed by atoms with Crippen LogP contribution in [0.15, 0.2) is 24.3 Å². The molecule has 0 saturated carbocycles. The van der Waals surface area contributed by atoms with Gasteiger partial charge in [-0.05, 0) is 56.0 Å². The molecule has 1 N–H and O–H groups in total. The molecule has 1 unspecified atom stereocenters. The van der Waals surface area contributed by atoms with Crippen molar-refractivity contribution >= 4 is 5.91 Å². The lowest BCUT2D eigenvalue weighted by Gasteiger charge is -2.23. The van der Waals surface area contributed by atoms with Crippen LogP contribution in [0.5, 0.6) is 0 Å². The number of unbranched alkanes of at least 4 members (excludes halogenated alkanes) is 2. The van der Waals surface area contributed by atoms with Crippen LogP contribution in [0.3, 0.4) is 0 Å². The van der Waals surface area contributed by atoms with Crippen molar-refractivity contribution in [1.29, 1.82) is 0 Å². The number of rotatable bonds is 9. The number of amides is 1. The zero-order valence-corrected chi connectivity index (χ0v) is 14.2. The predicted octanol–water partition coefficient (Wildman–Crippen LogP) is 3.73. The summed E-state index contributed by atoms with van der Waals surface area (Å²) in [7, 11) is 0. The summed E-state index contributed by atoms with van der Waals surface area (Å²) in [6.45, 7) is 5.67. The third-order valence-corrected chi connectivity index (χ3v) is 4.60. The number of hydrogen-bond acceptors (Lipinski definition) is 2. The molecule has 0 bridgehead atoms. The second-order valence-electron chi connectivity index (χ2n) is 6.55. The molecule has 0 spiro atoms. The van der Waals surface area contributed by atoms with Gasteiger partial charge in [0, 0.05) is 19.5 Å². The first-order chi connectivity index (χ1) is 11.2. The fourth-order valence-electron chi connectivity index (χ4n) is 3.10. The van der Waals surface area contributed by atoms with Gasteiger partial charge in [0.25, 0.3) is 0 Å². The first kappa shape index (κ1) is 17.9. The summed E-state index contributed by atoms with van der Waals surface area (Å²) in [6.07, 6.45) is 6.10. The molecule has 23 heavy (non-hydrogen) atoms. The normalized spacial score (nSPS) is 17.4. The van der Waals surface area contributed by atoms with Crippen LogP contribution in [0.2, 0.25) is 0 Å². The summed E-state index contributed by atoms with van der Waals surface area (Å²) >= 11 is 0. The highest BCUT2D eigenvalue weighted by molar-refractivity contribution is 5.76. The number of carbonyl (C=O) groups is 1. The van der Waals surface area contributed by atoms with Crippen LogP contribution in [-0.2, 0) is 11.3 Å². The Labute approximate surface area is 139 Å². The van der Waals surface area contributed by atoms with Crippen molar-refractivity contribution in [2.24, 2.45) is 5.92 Å². The number of benzene rings is 1. The van der Waals surface area contributed by atoms with Gasteiger partial charge in [0.1, 0.15) is 5.82 Å². The summed E-state index contributed by atoms with van der Waals surface area (Å²) in [4.78, 5) is 14.5. The number of hydrogen-bond donors (Lipinski definition) is 1. The van der Waals surface area contributed by atoms with Crippen LogP contribution in [0.1, 0.15) is 51.0 Å².